The second-order valence-electron chi connectivity index (χ2n) is 5.40. The van der Waals surface area contributed by atoms with Gasteiger partial charge in [0.05, 0.1) is 26.5 Å². The summed E-state index contributed by atoms with van der Waals surface area (Å²) in [6.45, 7) is 2.10. The Kier molecular flexibility index (Phi) is 5.58. The van der Waals surface area contributed by atoms with Crippen LogP contribution in [0.25, 0.3) is 5.57 Å². The van der Waals surface area contributed by atoms with Gasteiger partial charge in [0.25, 0.3) is 15.9 Å². The van der Waals surface area contributed by atoms with E-state index in [0.717, 1.165) is 4.31 Å². The molecule has 0 aliphatic carbocycles. The Morgan fingerprint density at radius 1 is 1.16 bits per heavy atom. The van der Waals surface area contributed by atoms with Crippen molar-refractivity contribution in [1.29, 1.82) is 0 Å². The largest absolute Gasteiger partial charge is 0.493 e. The zero-order valence-corrected chi connectivity index (χ0v) is 15.7. The van der Waals surface area contributed by atoms with Gasteiger partial charge >= 0.3 is 0 Å². The lowest BCUT2D eigenvalue weighted by atomic mass is 10.0. The molecular formula is C16H22N2O6S. The van der Waals surface area contributed by atoms with Crippen LogP contribution in [0.4, 0.5) is 5.69 Å². The number of amides is 1. The van der Waals surface area contributed by atoms with Crippen molar-refractivity contribution in [1.82, 2.24) is 5.32 Å². The fourth-order valence-electron chi connectivity index (χ4n) is 2.65. The molecule has 1 N–H and O–H groups in total. The summed E-state index contributed by atoms with van der Waals surface area (Å²) in [5, 5.41) is 2.56. The number of benzene rings is 1. The van der Waals surface area contributed by atoms with Crippen molar-refractivity contribution in [2.24, 2.45) is 0 Å². The summed E-state index contributed by atoms with van der Waals surface area (Å²) in [4.78, 5) is 12.2. The molecule has 0 saturated heterocycles. The number of anilines is 1. The highest BCUT2D eigenvalue weighted by Gasteiger charge is 2.38. The molecule has 1 amide bonds. The third-order valence-corrected chi connectivity index (χ3v) is 5.93. The predicted molar refractivity (Wildman–Crippen MR) is 94.3 cm³/mol. The monoisotopic (exact) mass is 370 g/mol. The zero-order chi connectivity index (χ0) is 18.8. The van der Waals surface area contributed by atoms with Crippen molar-refractivity contribution < 1.29 is 27.4 Å². The molecule has 138 valence electrons. The van der Waals surface area contributed by atoms with E-state index in [2.05, 4.69) is 5.32 Å². The fourth-order valence-corrected chi connectivity index (χ4v) is 4.13. The predicted octanol–water partition coefficient (Wildman–Crippen LogP) is 0.977. The van der Waals surface area contributed by atoms with E-state index in [9.17, 15) is 13.2 Å². The van der Waals surface area contributed by atoms with E-state index in [0.29, 0.717) is 28.3 Å². The smallest absolute Gasteiger partial charge is 0.269 e. The third kappa shape index (κ3) is 3.29. The summed E-state index contributed by atoms with van der Waals surface area (Å²) in [5.74, 6) is 0.193. The van der Waals surface area contributed by atoms with Crippen LogP contribution in [-0.2, 0) is 19.6 Å². The first-order chi connectivity index (χ1) is 11.8. The van der Waals surface area contributed by atoms with Gasteiger partial charge in [-0.3, -0.25) is 9.10 Å². The Bertz CT molecular complexity index is 816. The number of fused-ring (bicyclic) bond motifs is 1. The van der Waals surface area contributed by atoms with Gasteiger partial charge in [0.2, 0.25) is 0 Å². The maximum Gasteiger partial charge on any atom is 0.269 e. The van der Waals surface area contributed by atoms with E-state index in [1.54, 1.807) is 19.1 Å². The minimum Gasteiger partial charge on any atom is -0.493 e. The first-order valence-corrected chi connectivity index (χ1v) is 8.96. The quantitative estimate of drug-likeness (QED) is 0.750. The van der Waals surface area contributed by atoms with Crippen LogP contribution in [0.3, 0.4) is 0 Å². The minimum atomic E-state index is -3.98. The first-order valence-electron chi connectivity index (χ1n) is 7.52. The van der Waals surface area contributed by atoms with E-state index < -0.39 is 15.9 Å². The van der Waals surface area contributed by atoms with Gasteiger partial charge in [-0.05, 0) is 18.6 Å². The average molecular weight is 370 g/mol. The molecule has 0 radical (unpaired) electrons. The summed E-state index contributed by atoms with van der Waals surface area (Å²) < 4.78 is 42.1. The number of methoxy groups -OCH3 is 3. The van der Waals surface area contributed by atoms with Gasteiger partial charge in [0, 0.05) is 32.3 Å². The number of sulfonamides is 1. The van der Waals surface area contributed by atoms with Crippen molar-refractivity contribution in [2.45, 2.75) is 6.92 Å². The fraction of sp³-hybridized carbons (Fsp3) is 0.438. The van der Waals surface area contributed by atoms with Gasteiger partial charge in [0.15, 0.2) is 16.4 Å². The minimum absolute atomic E-state index is 0.212. The number of nitrogens with one attached hydrogen (secondary N) is 1. The molecule has 0 atom stereocenters. The normalized spacial score (nSPS) is 15.6. The molecule has 8 nitrogen and oxygen atoms in total. The molecule has 1 aliphatic heterocycles. The summed E-state index contributed by atoms with van der Waals surface area (Å²) in [6.07, 6.45) is 0. The maximum absolute atomic E-state index is 12.8. The molecule has 0 bridgehead atoms. The topological polar surface area (TPSA) is 94.2 Å². The molecule has 1 aromatic rings. The molecule has 0 fully saturated rings. The number of rotatable bonds is 6. The SMILES string of the molecule is COCCNC(=O)C1=C(C)c2cc(OC)c(OC)cc2N(C)S1(=O)=O. The number of hydrogen-bond donors (Lipinski definition) is 1. The molecule has 1 aliphatic rings. The lowest BCUT2D eigenvalue weighted by Crippen LogP contribution is -2.39. The zero-order valence-electron chi connectivity index (χ0n) is 14.9. The molecule has 0 aromatic heterocycles. The molecule has 2 rings (SSSR count). The first kappa shape index (κ1) is 19.1. The summed E-state index contributed by atoms with van der Waals surface area (Å²) in [7, 11) is 1.88. The lowest BCUT2D eigenvalue weighted by Gasteiger charge is -2.30. The standard InChI is InChI=1S/C16H22N2O6S/c1-10-11-8-13(23-4)14(24-5)9-12(11)18(2)25(20,21)15(10)16(19)17-6-7-22-3/h8-9H,6-7H2,1-5H3,(H,17,19). The van der Waals surface area contributed by atoms with Gasteiger partial charge in [-0.1, -0.05) is 0 Å². The molecule has 9 heteroatoms. The van der Waals surface area contributed by atoms with Crippen LogP contribution in [0.2, 0.25) is 0 Å². The molecule has 25 heavy (non-hydrogen) atoms. The summed E-state index contributed by atoms with van der Waals surface area (Å²) in [6, 6.07) is 3.24. The van der Waals surface area contributed by atoms with Gasteiger partial charge in [-0.15, -0.1) is 0 Å². The third-order valence-electron chi connectivity index (χ3n) is 4.00. The number of allylic oxidation sites excluding steroid dienone is 1. The van der Waals surface area contributed by atoms with Crippen LogP contribution >= 0.6 is 0 Å². The second-order valence-corrected chi connectivity index (χ2v) is 7.31. The Hall–Kier alpha value is -2.26. The van der Waals surface area contributed by atoms with Crippen molar-refractivity contribution >= 4 is 27.2 Å². The van der Waals surface area contributed by atoms with Crippen molar-refractivity contribution in [2.75, 3.05) is 45.8 Å². The van der Waals surface area contributed by atoms with Crippen LogP contribution in [-0.4, -0.2) is 55.9 Å². The average Bonchev–Trinajstić information content (AvgIpc) is 2.58. The van der Waals surface area contributed by atoms with Gasteiger partial charge in [0.1, 0.15) is 0 Å². The summed E-state index contributed by atoms with van der Waals surface area (Å²) >= 11 is 0. The number of carbonyl (C=O) groups excluding carboxylic acids is 1. The highest BCUT2D eigenvalue weighted by atomic mass is 32.2. The van der Waals surface area contributed by atoms with E-state index >= 15 is 0 Å². The van der Waals surface area contributed by atoms with Crippen molar-refractivity contribution in [3.8, 4) is 11.5 Å². The molecule has 0 saturated carbocycles. The summed E-state index contributed by atoms with van der Waals surface area (Å²) in [5.41, 5.74) is 1.36. The highest BCUT2D eigenvalue weighted by molar-refractivity contribution is 7.97. The number of nitrogens with zero attached hydrogens (tertiary/aromatic N) is 1. The Morgan fingerprint density at radius 3 is 2.32 bits per heavy atom. The Labute approximate surface area is 147 Å². The van der Waals surface area contributed by atoms with Crippen LogP contribution in [0, 0.1) is 0 Å². The molecule has 1 aromatic carbocycles. The van der Waals surface area contributed by atoms with Crippen LogP contribution in [0.15, 0.2) is 17.0 Å². The number of hydrogen-bond acceptors (Lipinski definition) is 6. The van der Waals surface area contributed by atoms with E-state index in [-0.39, 0.29) is 18.1 Å². The maximum atomic E-state index is 12.8. The van der Waals surface area contributed by atoms with Crippen LogP contribution in [0.1, 0.15) is 12.5 Å². The van der Waals surface area contributed by atoms with Gasteiger partial charge in [-0.2, -0.15) is 0 Å². The van der Waals surface area contributed by atoms with Crippen molar-refractivity contribution in [3.05, 3.63) is 22.6 Å². The van der Waals surface area contributed by atoms with E-state index in [1.807, 2.05) is 0 Å². The number of ether oxygens (including phenoxy) is 3. The van der Waals surface area contributed by atoms with Crippen LogP contribution < -0.4 is 19.1 Å². The van der Waals surface area contributed by atoms with Gasteiger partial charge < -0.3 is 19.5 Å². The van der Waals surface area contributed by atoms with E-state index in [4.69, 9.17) is 14.2 Å². The van der Waals surface area contributed by atoms with Crippen LogP contribution in [0.5, 0.6) is 11.5 Å². The van der Waals surface area contributed by atoms with Gasteiger partial charge in [-0.25, -0.2) is 8.42 Å². The highest BCUT2D eigenvalue weighted by Crippen LogP contribution is 2.44. The molecule has 0 unspecified atom stereocenters. The molecule has 1 heterocycles. The second kappa shape index (κ2) is 7.32. The number of carbonyl (C=O) groups is 1. The Balaban J connectivity index is 2.62. The Morgan fingerprint density at radius 2 is 1.76 bits per heavy atom. The van der Waals surface area contributed by atoms with Crippen molar-refractivity contribution in [3.63, 3.8) is 0 Å². The van der Waals surface area contributed by atoms with E-state index in [1.165, 1.54) is 28.4 Å². The molecular weight excluding hydrogens is 348 g/mol. The molecule has 0 spiro atoms. The lowest BCUT2D eigenvalue weighted by molar-refractivity contribution is -0.117.